The van der Waals surface area contributed by atoms with Crippen molar-refractivity contribution in [2.75, 3.05) is 6.54 Å². The van der Waals surface area contributed by atoms with E-state index in [1.165, 1.54) is 18.2 Å². The zero-order chi connectivity index (χ0) is 18.4. The van der Waals surface area contributed by atoms with Gasteiger partial charge in [-0.3, -0.25) is 4.79 Å². The predicted octanol–water partition coefficient (Wildman–Crippen LogP) is 2.37. The topological polar surface area (TPSA) is 99.1 Å². The van der Waals surface area contributed by atoms with Crippen LogP contribution >= 0.6 is 11.6 Å². The van der Waals surface area contributed by atoms with Gasteiger partial charge in [0.2, 0.25) is 15.9 Å². The number of hydrogen-bond donors (Lipinski definition) is 2. The fourth-order valence-electron chi connectivity index (χ4n) is 2.16. The molecule has 0 radical (unpaired) electrons. The van der Waals surface area contributed by atoms with Crippen LogP contribution in [0.3, 0.4) is 0 Å². The summed E-state index contributed by atoms with van der Waals surface area (Å²) in [6, 6.07) is 14.3. The number of nitriles is 1. The van der Waals surface area contributed by atoms with Crippen molar-refractivity contribution in [1.29, 1.82) is 5.26 Å². The Bertz CT molecular complexity index is 905. The molecule has 2 aromatic rings. The number of rotatable bonds is 6. The van der Waals surface area contributed by atoms with Crippen molar-refractivity contribution in [3.63, 3.8) is 0 Å². The zero-order valence-electron chi connectivity index (χ0n) is 13.4. The van der Waals surface area contributed by atoms with Crippen LogP contribution in [-0.2, 0) is 14.8 Å². The first-order valence-electron chi connectivity index (χ1n) is 7.37. The summed E-state index contributed by atoms with van der Waals surface area (Å²) in [5.41, 5.74) is 0.861. The first-order chi connectivity index (χ1) is 11.8. The molecule has 2 aromatic carbocycles. The van der Waals surface area contributed by atoms with Crippen molar-refractivity contribution in [3.05, 3.63) is 64.7 Å². The standard InChI is InChI=1S/C17H16ClN3O3S/c1-12(13-6-8-15(18)9-7-13)21-17(22)11-20-25(23,24)16-5-3-2-4-14(16)10-19/h2-9,12,20H,11H2,1H3,(H,21,22)/t12-/m1/s1. The number of hydrogen-bond acceptors (Lipinski definition) is 4. The van der Waals surface area contributed by atoms with Crippen LogP contribution in [0.5, 0.6) is 0 Å². The van der Waals surface area contributed by atoms with Gasteiger partial charge in [-0.2, -0.15) is 5.26 Å². The van der Waals surface area contributed by atoms with E-state index < -0.39 is 22.5 Å². The van der Waals surface area contributed by atoms with Crippen LogP contribution in [-0.4, -0.2) is 20.9 Å². The molecule has 8 heteroatoms. The first kappa shape index (κ1) is 18.9. The summed E-state index contributed by atoms with van der Waals surface area (Å²) in [7, 11) is -3.95. The minimum Gasteiger partial charge on any atom is -0.348 e. The Hall–Kier alpha value is -2.40. The highest BCUT2D eigenvalue weighted by Gasteiger charge is 2.19. The number of nitrogens with one attached hydrogen (secondary N) is 2. The van der Waals surface area contributed by atoms with Gasteiger partial charge in [0.1, 0.15) is 6.07 Å². The van der Waals surface area contributed by atoms with Crippen LogP contribution in [0.2, 0.25) is 5.02 Å². The fourth-order valence-corrected chi connectivity index (χ4v) is 3.42. The van der Waals surface area contributed by atoms with E-state index in [0.717, 1.165) is 5.56 Å². The molecule has 0 fully saturated rings. The molecule has 0 aliphatic rings. The summed E-state index contributed by atoms with van der Waals surface area (Å²) in [6.45, 7) is 1.35. The molecule has 2 N–H and O–H groups in total. The Morgan fingerprint density at radius 1 is 1.20 bits per heavy atom. The normalized spacial score (nSPS) is 12.2. The Balaban J connectivity index is 1.99. The van der Waals surface area contributed by atoms with Crippen LogP contribution in [0, 0.1) is 11.3 Å². The van der Waals surface area contributed by atoms with Crippen LogP contribution in [0.25, 0.3) is 0 Å². The van der Waals surface area contributed by atoms with Crippen molar-refractivity contribution in [3.8, 4) is 6.07 Å². The number of carbonyl (C=O) groups is 1. The lowest BCUT2D eigenvalue weighted by Gasteiger charge is -2.15. The molecule has 6 nitrogen and oxygen atoms in total. The van der Waals surface area contributed by atoms with E-state index in [4.69, 9.17) is 16.9 Å². The van der Waals surface area contributed by atoms with E-state index in [0.29, 0.717) is 5.02 Å². The lowest BCUT2D eigenvalue weighted by molar-refractivity contribution is -0.120. The predicted molar refractivity (Wildman–Crippen MR) is 94.4 cm³/mol. The second kappa shape index (κ2) is 8.12. The summed E-state index contributed by atoms with van der Waals surface area (Å²) < 4.78 is 26.7. The Labute approximate surface area is 151 Å². The Kier molecular flexibility index (Phi) is 6.15. The number of halogens is 1. The molecule has 0 unspecified atom stereocenters. The third kappa shape index (κ3) is 5.03. The monoisotopic (exact) mass is 377 g/mol. The molecule has 0 aromatic heterocycles. The summed E-state index contributed by atoms with van der Waals surface area (Å²) in [5.74, 6) is -0.486. The molecule has 0 spiro atoms. The molecule has 0 bridgehead atoms. The maximum Gasteiger partial charge on any atom is 0.242 e. The third-order valence-corrected chi connectivity index (χ3v) is 5.18. The van der Waals surface area contributed by atoms with Crippen molar-refractivity contribution >= 4 is 27.5 Å². The van der Waals surface area contributed by atoms with Crippen molar-refractivity contribution in [2.24, 2.45) is 0 Å². The number of benzene rings is 2. The van der Waals surface area contributed by atoms with E-state index in [-0.39, 0.29) is 16.5 Å². The average molecular weight is 378 g/mol. The quantitative estimate of drug-likeness (QED) is 0.807. The molecule has 0 heterocycles. The van der Waals surface area contributed by atoms with E-state index in [1.54, 1.807) is 37.3 Å². The van der Waals surface area contributed by atoms with Gasteiger partial charge < -0.3 is 5.32 Å². The number of amides is 1. The van der Waals surface area contributed by atoms with Crippen molar-refractivity contribution in [2.45, 2.75) is 17.9 Å². The second-order valence-electron chi connectivity index (χ2n) is 5.27. The van der Waals surface area contributed by atoms with Gasteiger partial charge in [-0.05, 0) is 36.8 Å². The summed E-state index contributed by atoms with van der Waals surface area (Å²) >= 11 is 5.82. The molecule has 130 valence electrons. The average Bonchev–Trinajstić information content (AvgIpc) is 2.60. The van der Waals surface area contributed by atoms with Crippen LogP contribution < -0.4 is 10.0 Å². The number of carbonyl (C=O) groups excluding carboxylic acids is 1. The van der Waals surface area contributed by atoms with Gasteiger partial charge in [-0.1, -0.05) is 35.9 Å². The van der Waals surface area contributed by atoms with Gasteiger partial charge in [0, 0.05) is 5.02 Å². The molecular weight excluding hydrogens is 362 g/mol. The highest BCUT2D eigenvalue weighted by atomic mass is 35.5. The van der Waals surface area contributed by atoms with Crippen molar-refractivity contribution in [1.82, 2.24) is 10.0 Å². The Morgan fingerprint density at radius 3 is 2.48 bits per heavy atom. The lowest BCUT2D eigenvalue weighted by atomic mass is 10.1. The fraction of sp³-hybridized carbons (Fsp3) is 0.176. The van der Waals surface area contributed by atoms with E-state index in [1.807, 2.05) is 6.07 Å². The molecule has 1 amide bonds. The maximum atomic E-state index is 12.3. The highest BCUT2D eigenvalue weighted by Crippen LogP contribution is 2.16. The van der Waals surface area contributed by atoms with Gasteiger partial charge in [-0.25, -0.2) is 13.1 Å². The minimum absolute atomic E-state index is 0.0185. The van der Waals surface area contributed by atoms with Gasteiger partial charge in [-0.15, -0.1) is 0 Å². The van der Waals surface area contributed by atoms with Crippen LogP contribution in [0.4, 0.5) is 0 Å². The molecular formula is C17H16ClN3O3S. The second-order valence-corrected chi connectivity index (χ2v) is 7.45. The van der Waals surface area contributed by atoms with Crippen molar-refractivity contribution < 1.29 is 13.2 Å². The SMILES string of the molecule is C[C@@H](NC(=O)CNS(=O)(=O)c1ccccc1C#N)c1ccc(Cl)cc1. The Morgan fingerprint density at radius 2 is 1.84 bits per heavy atom. The van der Waals surface area contributed by atoms with Gasteiger partial charge >= 0.3 is 0 Å². The number of sulfonamides is 1. The van der Waals surface area contributed by atoms with Crippen LogP contribution in [0.15, 0.2) is 53.4 Å². The van der Waals surface area contributed by atoms with Gasteiger partial charge in [0.05, 0.1) is 23.0 Å². The molecule has 0 saturated carbocycles. The lowest BCUT2D eigenvalue weighted by Crippen LogP contribution is -2.38. The molecule has 0 saturated heterocycles. The molecule has 2 rings (SSSR count). The third-order valence-electron chi connectivity index (χ3n) is 3.47. The number of nitrogens with zero attached hydrogens (tertiary/aromatic N) is 1. The van der Waals surface area contributed by atoms with E-state index in [9.17, 15) is 13.2 Å². The smallest absolute Gasteiger partial charge is 0.242 e. The summed E-state index contributed by atoms with van der Waals surface area (Å²) in [6.07, 6.45) is 0. The molecule has 0 aliphatic heterocycles. The minimum atomic E-state index is -3.95. The van der Waals surface area contributed by atoms with Gasteiger partial charge in [0.15, 0.2) is 0 Å². The maximum absolute atomic E-state index is 12.3. The van der Waals surface area contributed by atoms with E-state index in [2.05, 4.69) is 10.0 Å². The largest absolute Gasteiger partial charge is 0.348 e. The van der Waals surface area contributed by atoms with E-state index >= 15 is 0 Å². The molecule has 25 heavy (non-hydrogen) atoms. The summed E-state index contributed by atoms with van der Waals surface area (Å²) in [4.78, 5) is 11.8. The highest BCUT2D eigenvalue weighted by molar-refractivity contribution is 7.89. The summed E-state index contributed by atoms with van der Waals surface area (Å²) in [5, 5.41) is 12.3. The van der Waals surface area contributed by atoms with Crippen LogP contribution in [0.1, 0.15) is 24.1 Å². The van der Waals surface area contributed by atoms with Gasteiger partial charge in [0.25, 0.3) is 0 Å². The molecule has 1 atom stereocenters. The first-order valence-corrected chi connectivity index (χ1v) is 9.23. The zero-order valence-corrected chi connectivity index (χ0v) is 14.9. The molecule has 0 aliphatic carbocycles.